The Bertz CT molecular complexity index is 300. The molecular formula is C17H32N2. The van der Waals surface area contributed by atoms with Gasteiger partial charge in [0.05, 0.1) is 0 Å². The van der Waals surface area contributed by atoms with E-state index in [0.717, 1.165) is 36.8 Å². The second-order valence-corrected chi connectivity index (χ2v) is 8.54. The standard InChI is InChI=1S/C17H32N2/c1-16(2,3)18-10-14-12-7-8-13(9-12)15(14)11-19-17(4,5)6/h7-8,12-15,18-19H,9-11H2,1-6H3/t12-,13-,14?,15?/m0/s1. The summed E-state index contributed by atoms with van der Waals surface area (Å²) in [4.78, 5) is 0. The van der Waals surface area contributed by atoms with E-state index in [1.54, 1.807) is 0 Å². The van der Waals surface area contributed by atoms with Gasteiger partial charge in [-0.3, -0.25) is 0 Å². The van der Waals surface area contributed by atoms with Crippen LogP contribution in [-0.4, -0.2) is 24.2 Å². The molecule has 19 heavy (non-hydrogen) atoms. The van der Waals surface area contributed by atoms with Crippen LogP contribution in [-0.2, 0) is 0 Å². The van der Waals surface area contributed by atoms with Gasteiger partial charge in [0, 0.05) is 11.1 Å². The van der Waals surface area contributed by atoms with Crippen LogP contribution in [0, 0.1) is 23.7 Å². The zero-order chi connectivity index (χ0) is 14.3. The Kier molecular flexibility index (Phi) is 4.13. The molecule has 2 aliphatic carbocycles. The molecule has 0 radical (unpaired) electrons. The number of rotatable bonds is 4. The summed E-state index contributed by atoms with van der Waals surface area (Å²) in [6.07, 6.45) is 6.31. The first-order valence-corrected chi connectivity index (χ1v) is 7.84. The van der Waals surface area contributed by atoms with E-state index in [-0.39, 0.29) is 11.1 Å². The third kappa shape index (κ3) is 4.06. The van der Waals surface area contributed by atoms with Crippen molar-refractivity contribution in [2.45, 2.75) is 59.0 Å². The van der Waals surface area contributed by atoms with Crippen LogP contribution < -0.4 is 10.6 Å². The van der Waals surface area contributed by atoms with E-state index in [1.807, 2.05) is 0 Å². The predicted molar refractivity (Wildman–Crippen MR) is 83.2 cm³/mol. The SMILES string of the molecule is CC(C)(C)NCC1C(CNC(C)(C)C)[C@H]2C=C[C@H]1C2. The van der Waals surface area contributed by atoms with Gasteiger partial charge in [-0.1, -0.05) is 12.2 Å². The summed E-state index contributed by atoms with van der Waals surface area (Å²) in [5, 5.41) is 7.43. The molecule has 0 aromatic carbocycles. The third-order valence-corrected chi connectivity index (χ3v) is 4.54. The van der Waals surface area contributed by atoms with Gasteiger partial charge in [-0.25, -0.2) is 0 Å². The average Bonchev–Trinajstić information content (AvgIpc) is 2.81. The monoisotopic (exact) mass is 264 g/mol. The normalized spacial score (nSPS) is 34.2. The van der Waals surface area contributed by atoms with Crippen molar-refractivity contribution < 1.29 is 0 Å². The van der Waals surface area contributed by atoms with Crippen molar-refractivity contribution in [1.82, 2.24) is 10.6 Å². The molecule has 0 saturated heterocycles. The van der Waals surface area contributed by atoms with Crippen molar-refractivity contribution in [3.05, 3.63) is 12.2 Å². The Morgan fingerprint density at radius 1 is 0.789 bits per heavy atom. The maximum Gasteiger partial charge on any atom is 0.00966 e. The van der Waals surface area contributed by atoms with Gasteiger partial charge in [0.15, 0.2) is 0 Å². The van der Waals surface area contributed by atoms with E-state index in [9.17, 15) is 0 Å². The van der Waals surface area contributed by atoms with E-state index < -0.39 is 0 Å². The highest BCUT2D eigenvalue weighted by molar-refractivity contribution is 5.14. The van der Waals surface area contributed by atoms with E-state index in [4.69, 9.17) is 0 Å². The number of hydrogen-bond donors (Lipinski definition) is 2. The molecule has 4 atom stereocenters. The molecule has 2 heteroatoms. The van der Waals surface area contributed by atoms with E-state index in [2.05, 4.69) is 64.3 Å². The van der Waals surface area contributed by atoms with Crippen LogP contribution in [0.4, 0.5) is 0 Å². The largest absolute Gasteiger partial charge is 0.312 e. The molecule has 2 bridgehead atoms. The second kappa shape index (κ2) is 5.21. The number of nitrogens with one attached hydrogen (secondary N) is 2. The predicted octanol–water partition coefficient (Wildman–Crippen LogP) is 3.20. The summed E-state index contributed by atoms with van der Waals surface area (Å²) in [5.41, 5.74) is 0.459. The van der Waals surface area contributed by atoms with Crippen molar-refractivity contribution in [3.63, 3.8) is 0 Å². The summed E-state index contributed by atoms with van der Waals surface area (Å²) >= 11 is 0. The number of fused-ring (bicyclic) bond motifs is 2. The summed E-state index contributed by atoms with van der Waals surface area (Å²) in [6, 6.07) is 0. The van der Waals surface area contributed by atoms with Crippen molar-refractivity contribution in [3.8, 4) is 0 Å². The molecule has 2 nitrogen and oxygen atoms in total. The zero-order valence-electron chi connectivity index (χ0n) is 13.6. The molecule has 1 fully saturated rings. The van der Waals surface area contributed by atoms with E-state index in [0.29, 0.717) is 0 Å². The summed E-state index contributed by atoms with van der Waals surface area (Å²) < 4.78 is 0. The molecule has 2 unspecified atom stereocenters. The van der Waals surface area contributed by atoms with Gasteiger partial charge >= 0.3 is 0 Å². The minimum absolute atomic E-state index is 0.230. The van der Waals surface area contributed by atoms with Gasteiger partial charge in [-0.05, 0) is 84.7 Å². The molecule has 2 rings (SSSR count). The number of allylic oxidation sites excluding steroid dienone is 2. The molecule has 2 N–H and O–H groups in total. The van der Waals surface area contributed by atoms with Crippen LogP contribution in [0.3, 0.4) is 0 Å². The van der Waals surface area contributed by atoms with E-state index in [1.165, 1.54) is 6.42 Å². The van der Waals surface area contributed by atoms with Gasteiger partial charge in [0.25, 0.3) is 0 Å². The molecule has 0 amide bonds. The Morgan fingerprint density at radius 3 is 1.47 bits per heavy atom. The van der Waals surface area contributed by atoms with Crippen LogP contribution in [0.25, 0.3) is 0 Å². The maximum atomic E-state index is 3.71. The maximum absolute atomic E-state index is 3.71. The van der Waals surface area contributed by atoms with Gasteiger partial charge in [0.1, 0.15) is 0 Å². The van der Waals surface area contributed by atoms with Crippen molar-refractivity contribution in [2.75, 3.05) is 13.1 Å². The first-order chi connectivity index (χ1) is 8.66. The quantitative estimate of drug-likeness (QED) is 0.762. The smallest absolute Gasteiger partial charge is 0.00966 e. The van der Waals surface area contributed by atoms with Crippen LogP contribution in [0.5, 0.6) is 0 Å². The Balaban J connectivity index is 1.94. The van der Waals surface area contributed by atoms with Crippen LogP contribution in [0.1, 0.15) is 48.0 Å². The summed E-state index contributed by atoms with van der Waals surface area (Å²) in [6.45, 7) is 15.9. The fraction of sp³-hybridized carbons (Fsp3) is 0.882. The lowest BCUT2D eigenvalue weighted by molar-refractivity contribution is 0.244. The minimum atomic E-state index is 0.230. The van der Waals surface area contributed by atoms with Crippen LogP contribution >= 0.6 is 0 Å². The lowest BCUT2D eigenvalue weighted by Gasteiger charge is -2.33. The molecule has 0 aromatic heterocycles. The van der Waals surface area contributed by atoms with Crippen molar-refractivity contribution >= 4 is 0 Å². The Morgan fingerprint density at radius 2 is 1.16 bits per heavy atom. The lowest BCUT2D eigenvalue weighted by atomic mass is 9.82. The number of hydrogen-bond acceptors (Lipinski definition) is 2. The van der Waals surface area contributed by atoms with Gasteiger partial charge in [0.2, 0.25) is 0 Å². The molecular weight excluding hydrogens is 232 g/mol. The summed E-state index contributed by atoms with van der Waals surface area (Å²) in [7, 11) is 0. The Hall–Kier alpha value is -0.340. The topological polar surface area (TPSA) is 24.1 Å². The highest BCUT2D eigenvalue weighted by Gasteiger charge is 2.44. The fourth-order valence-electron chi connectivity index (χ4n) is 3.48. The van der Waals surface area contributed by atoms with Gasteiger partial charge in [-0.15, -0.1) is 0 Å². The van der Waals surface area contributed by atoms with Gasteiger partial charge < -0.3 is 10.6 Å². The third-order valence-electron chi connectivity index (χ3n) is 4.54. The fourth-order valence-corrected chi connectivity index (χ4v) is 3.48. The first kappa shape index (κ1) is 15.1. The molecule has 0 spiro atoms. The Labute approximate surface area is 119 Å². The highest BCUT2D eigenvalue weighted by Crippen LogP contribution is 2.47. The molecule has 0 aliphatic heterocycles. The molecule has 1 saturated carbocycles. The highest BCUT2D eigenvalue weighted by atomic mass is 15.0. The summed E-state index contributed by atoms with van der Waals surface area (Å²) in [5.74, 6) is 3.24. The molecule has 0 heterocycles. The van der Waals surface area contributed by atoms with Crippen molar-refractivity contribution in [1.29, 1.82) is 0 Å². The molecule has 0 aromatic rings. The zero-order valence-corrected chi connectivity index (χ0v) is 13.6. The first-order valence-electron chi connectivity index (χ1n) is 7.84. The lowest BCUT2D eigenvalue weighted by Crippen LogP contribution is -2.46. The van der Waals surface area contributed by atoms with Gasteiger partial charge in [-0.2, -0.15) is 0 Å². The molecule has 2 aliphatic rings. The van der Waals surface area contributed by atoms with Crippen LogP contribution in [0.15, 0.2) is 12.2 Å². The van der Waals surface area contributed by atoms with Crippen LogP contribution in [0.2, 0.25) is 0 Å². The molecule has 110 valence electrons. The average molecular weight is 264 g/mol. The second-order valence-electron chi connectivity index (χ2n) is 8.54. The minimum Gasteiger partial charge on any atom is -0.312 e. The van der Waals surface area contributed by atoms with E-state index >= 15 is 0 Å². The van der Waals surface area contributed by atoms with Crippen molar-refractivity contribution in [2.24, 2.45) is 23.7 Å².